The number of nitrogens with one attached hydrogen (secondary N) is 1. The van der Waals surface area contributed by atoms with Crippen molar-refractivity contribution in [3.05, 3.63) is 27.5 Å². The first-order chi connectivity index (χ1) is 8.08. The van der Waals surface area contributed by atoms with Crippen LogP contribution in [0.3, 0.4) is 0 Å². The largest absolute Gasteiger partial charge is 0.353 e. The van der Waals surface area contributed by atoms with E-state index in [0.717, 1.165) is 0 Å². The standard InChI is InChI=1S/C10H9BrClN3O2/c11-6-3-7(9(12)14-4-6)10(17)15-2-1-13-8(16)5-15/h3-4H,1-2,5H2,(H,13,16). The van der Waals surface area contributed by atoms with Crippen molar-refractivity contribution < 1.29 is 9.59 Å². The molecule has 2 rings (SSSR count). The Bertz CT molecular complexity index is 481. The van der Waals surface area contributed by atoms with Gasteiger partial charge < -0.3 is 10.2 Å². The van der Waals surface area contributed by atoms with Crippen molar-refractivity contribution in [1.29, 1.82) is 0 Å². The van der Waals surface area contributed by atoms with Crippen LogP contribution in [0.2, 0.25) is 5.15 Å². The average molecular weight is 319 g/mol. The van der Waals surface area contributed by atoms with Crippen LogP contribution < -0.4 is 5.32 Å². The molecule has 2 amide bonds. The summed E-state index contributed by atoms with van der Waals surface area (Å²) in [5.74, 6) is -0.442. The van der Waals surface area contributed by atoms with Crippen molar-refractivity contribution in [2.75, 3.05) is 19.6 Å². The molecule has 0 bridgehead atoms. The number of nitrogens with zero attached hydrogens (tertiary/aromatic N) is 2. The van der Waals surface area contributed by atoms with Crippen molar-refractivity contribution in [3.8, 4) is 0 Å². The molecule has 0 spiro atoms. The second-order valence-corrected chi connectivity index (χ2v) is 4.84. The summed E-state index contributed by atoms with van der Waals surface area (Å²) in [6, 6.07) is 1.60. The maximum atomic E-state index is 12.1. The number of piperazine rings is 1. The number of carbonyl (C=O) groups is 2. The second-order valence-electron chi connectivity index (χ2n) is 3.57. The SMILES string of the molecule is O=C1CN(C(=O)c2cc(Br)cnc2Cl)CCN1. The lowest BCUT2D eigenvalue weighted by Crippen LogP contribution is -2.50. The molecule has 1 fully saturated rings. The van der Waals surface area contributed by atoms with Gasteiger partial charge in [-0.25, -0.2) is 4.98 Å². The van der Waals surface area contributed by atoms with Crippen molar-refractivity contribution in [3.63, 3.8) is 0 Å². The third-order valence-electron chi connectivity index (χ3n) is 2.36. The molecule has 7 heteroatoms. The quantitative estimate of drug-likeness (QED) is 0.788. The van der Waals surface area contributed by atoms with Crippen molar-refractivity contribution >= 4 is 39.3 Å². The molecule has 0 atom stereocenters. The maximum Gasteiger partial charge on any atom is 0.257 e. The van der Waals surface area contributed by atoms with E-state index in [1.165, 1.54) is 11.1 Å². The molecule has 1 aromatic heterocycles. The molecule has 0 unspecified atom stereocenters. The number of aromatic nitrogens is 1. The number of hydrogen-bond donors (Lipinski definition) is 1. The van der Waals surface area contributed by atoms with E-state index < -0.39 is 0 Å². The zero-order valence-corrected chi connectivity index (χ0v) is 11.1. The monoisotopic (exact) mass is 317 g/mol. The molecule has 0 aliphatic carbocycles. The van der Waals surface area contributed by atoms with E-state index >= 15 is 0 Å². The molecule has 0 saturated carbocycles. The molecule has 5 nitrogen and oxygen atoms in total. The molecule has 17 heavy (non-hydrogen) atoms. The Balaban J connectivity index is 2.24. The lowest BCUT2D eigenvalue weighted by molar-refractivity contribution is -0.123. The van der Waals surface area contributed by atoms with E-state index in [1.807, 2.05) is 0 Å². The first-order valence-corrected chi connectivity index (χ1v) is 6.12. The van der Waals surface area contributed by atoms with E-state index in [4.69, 9.17) is 11.6 Å². The first kappa shape index (κ1) is 12.3. The van der Waals surface area contributed by atoms with Crippen molar-refractivity contribution in [1.82, 2.24) is 15.2 Å². The van der Waals surface area contributed by atoms with Crippen LogP contribution in [-0.2, 0) is 4.79 Å². The fourth-order valence-electron chi connectivity index (χ4n) is 1.55. The number of pyridine rings is 1. The Morgan fingerprint density at radius 3 is 3.06 bits per heavy atom. The van der Waals surface area contributed by atoms with Crippen LogP contribution in [0.25, 0.3) is 0 Å². The van der Waals surface area contributed by atoms with Gasteiger partial charge in [0.1, 0.15) is 5.15 Å². The third-order valence-corrected chi connectivity index (χ3v) is 3.10. The third kappa shape index (κ3) is 2.76. The van der Waals surface area contributed by atoms with E-state index in [2.05, 4.69) is 26.2 Å². The van der Waals surface area contributed by atoms with Gasteiger partial charge >= 0.3 is 0 Å². The van der Waals surface area contributed by atoms with Gasteiger partial charge in [-0.2, -0.15) is 0 Å². The summed E-state index contributed by atoms with van der Waals surface area (Å²) in [6.07, 6.45) is 1.52. The Morgan fingerprint density at radius 1 is 1.59 bits per heavy atom. The van der Waals surface area contributed by atoms with Gasteiger partial charge in [0.2, 0.25) is 5.91 Å². The molecule has 1 N–H and O–H groups in total. The summed E-state index contributed by atoms with van der Waals surface area (Å²) in [4.78, 5) is 28.7. The van der Waals surface area contributed by atoms with Crippen molar-refractivity contribution in [2.24, 2.45) is 0 Å². The van der Waals surface area contributed by atoms with Gasteiger partial charge in [-0.1, -0.05) is 11.6 Å². The lowest BCUT2D eigenvalue weighted by atomic mass is 10.2. The number of rotatable bonds is 1. The normalized spacial score (nSPS) is 15.6. The summed E-state index contributed by atoms with van der Waals surface area (Å²) >= 11 is 9.10. The summed E-state index contributed by atoms with van der Waals surface area (Å²) < 4.78 is 0.673. The molecule has 0 aromatic carbocycles. The number of amides is 2. The maximum absolute atomic E-state index is 12.1. The zero-order chi connectivity index (χ0) is 12.4. The molecule has 0 radical (unpaired) electrons. The summed E-state index contributed by atoms with van der Waals surface area (Å²) in [7, 11) is 0. The van der Waals surface area contributed by atoms with Crippen LogP contribution in [0.4, 0.5) is 0 Å². The minimum Gasteiger partial charge on any atom is -0.353 e. The highest BCUT2D eigenvalue weighted by Gasteiger charge is 2.24. The minimum atomic E-state index is -0.279. The zero-order valence-electron chi connectivity index (χ0n) is 8.74. The molecule has 1 aromatic rings. The van der Waals surface area contributed by atoms with E-state index in [9.17, 15) is 9.59 Å². The number of halogens is 2. The van der Waals surface area contributed by atoms with E-state index in [0.29, 0.717) is 23.1 Å². The smallest absolute Gasteiger partial charge is 0.257 e. The van der Waals surface area contributed by atoms with E-state index in [1.54, 1.807) is 6.07 Å². The predicted octanol–water partition coefficient (Wildman–Crippen LogP) is 1.07. The number of hydrogen-bond acceptors (Lipinski definition) is 3. The fraction of sp³-hybridized carbons (Fsp3) is 0.300. The predicted molar refractivity (Wildman–Crippen MR) is 65.9 cm³/mol. The Morgan fingerprint density at radius 2 is 2.35 bits per heavy atom. The molecule has 1 saturated heterocycles. The highest BCUT2D eigenvalue weighted by molar-refractivity contribution is 9.10. The van der Waals surface area contributed by atoms with Gasteiger partial charge in [-0.15, -0.1) is 0 Å². The van der Waals surface area contributed by atoms with Crippen LogP contribution in [0.1, 0.15) is 10.4 Å². The summed E-state index contributed by atoms with van der Waals surface area (Å²) in [5.41, 5.74) is 0.302. The lowest BCUT2D eigenvalue weighted by Gasteiger charge is -2.26. The topological polar surface area (TPSA) is 62.3 Å². The van der Waals surface area contributed by atoms with Crippen molar-refractivity contribution in [2.45, 2.75) is 0 Å². The van der Waals surface area contributed by atoms with Crippen LogP contribution in [-0.4, -0.2) is 41.3 Å². The molecule has 90 valence electrons. The first-order valence-electron chi connectivity index (χ1n) is 4.95. The molecule has 1 aliphatic heterocycles. The molecule has 2 heterocycles. The van der Waals surface area contributed by atoms with Gasteiger partial charge in [0.05, 0.1) is 12.1 Å². The summed E-state index contributed by atoms with van der Waals surface area (Å²) in [6.45, 7) is 0.999. The highest BCUT2D eigenvalue weighted by atomic mass is 79.9. The van der Waals surface area contributed by atoms with Gasteiger partial charge in [0, 0.05) is 23.8 Å². The van der Waals surface area contributed by atoms with Gasteiger partial charge in [-0.3, -0.25) is 9.59 Å². The molecular weight excluding hydrogens is 309 g/mol. The van der Waals surface area contributed by atoms with Crippen LogP contribution in [0, 0.1) is 0 Å². The molecular formula is C10H9BrClN3O2. The van der Waals surface area contributed by atoms with Crippen LogP contribution >= 0.6 is 27.5 Å². The fourth-order valence-corrected chi connectivity index (χ4v) is 2.07. The van der Waals surface area contributed by atoms with E-state index in [-0.39, 0.29) is 23.5 Å². The summed E-state index contributed by atoms with van der Waals surface area (Å²) in [5, 5.41) is 2.80. The van der Waals surface area contributed by atoms with Crippen LogP contribution in [0.5, 0.6) is 0 Å². The molecule has 1 aliphatic rings. The number of carbonyl (C=O) groups excluding carboxylic acids is 2. The Labute approximate surface area is 111 Å². The highest BCUT2D eigenvalue weighted by Crippen LogP contribution is 2.19. The average Bonchev–Trinajstić information content (AvgIpc) is 2.31. The minimum absolute atomic E-state index is 0.0572. The van der Waals surface area contributed by atoms with Crippen LogP contribution in [0.15, 0.2) is 16.7 Å². The Hall–Kier alpha value is -1.14. The Kier molecular flexibility index (Phi) is 3.63. The second kappa shape index (κ2) is 5.01. The van der Waals surface area contributed by atoms with Gasteiger partial charge in [0.25, 0.3) is 5.91 Å². The van der Waals surface area contributed by atoms with Gasteiger partial charge in [-0.05, 0) is 22.0 Å². The van der Waals surface area contributed by atoms with Gasteiger partial charge in [0.15, 0.2) is 0 Å².